The molecule has 0 nitrogen and oxygen atoms in total. The lowest BCUT2D eigenvalue weighted by molar-refractivity contribution is 0.604. The lowest BCUT2D eigenvalue weighted by Gasteiger charge is -2.15. The van der Waals surface area contributed by atoms with Crippen LogP contribution in [0.15, 0.2) is 34.8 Å². The summed E-state index contributed by atoms with van der Waals surface area (Å²) in [6.45, 7) is 6.51. The molecule has 0 fully saturated rings. The van der Waals surface area contributed by atoms with Crippen molar-refractivity contribution in [1.29, 1.82) is 0 Å². The van der Waals surface area contributed by atoms with Crippen molar-refractivity contribution in [2.75, 3.05) is 0 Å². The number of rotatable bonds is 2. The smallest absolute Gasteiger partial charge is 0.124 e. The molecule has 4 heteroatoms. The van der Waals surface area contributed by atoms with Crippen molar-refractivity contribution in [3.05, 3.63) is 55.9 Å². The molecule has 0 bridgehead atoms. The zero-order valence-electron chi connectivity index (χ0n) is 11.0. The number of alkyl halides is 1. The zero-order valence-corrected chi connectivity index (χ0v) is 14.2. The van der Waals surface area contributed by atoms with Gasteiger partial charge in [0, 0.05) is 14.2 Å². The van der Waals surface area contributed by atoms with Crippen LogP contribution in [0.4, 0.5) is 4.39 Å². The number of hydrogen-bond acceptors (Lipinski definition) is 1. The van der Waals surface area contributed by atoms with Crippen LogP contribution in [0.5, 0.6) is 0 Å². The standard InChI is InChI=1S/C15H15BrClFS/c1-15(2,3)13-5-4-12(19-13)14(17)9-6-10(16)8-11(18)7-9/h4-8,14H,1-3H3. The third kappa shape index (κ3) is 3.59. The third-order valence-electron chi connectivity index (χ3n) is 2.79. The quantitative estimate of drug-likeness (QED) is 0.552. The highest BCUT2D eigenvalue weighted by Gasteiger charge is 2.20. The predicted octanol–water partition coefficient (Wildman–Crippen LogP) is 6.28. The van der Waals surface area contributed by atoms with Crippen molar-refractivity contribution in [3.63, 3.8) is 0 Å². The van der Waals surface area contributed by atoms with Crippen LogP contribution in [-0.4, -0.2) is 0 Å². The molecule has 19 heavy (non-hydrogen) atoms. The average molecular weight is 362 g/mol. The summed E-state index contributed by atoms with van der Waals surface area (Å²) in [5, 5.41) is -0.312. The van der Waals surface area contributed by atoms with Gasteiger partial charge < -0.3 is 0 Å². The lowest BCUT2D eigenvalue weighted by atomic mass is 9.95. The van der Waals surface area contributed by atoms with Crippen LogP contribution >= 0.6 is 38.9 Å². The monoisotopic (exact) mass is 360 g/mol. The normalized spacial score (nSPS) is 13.6. The van der Waals surface area contributed by atoms with Gasteiger partial charge in [-0.25, -0.2) is 4.39 Å². The molecule has 1 unspecified atom stereocenters. The van der Waals surface area contributed by atoms with Gasteiger partial charge >= 0.3 is 0 Å². The first-order chi connectivity index (χ1) is 8.77. The van der Waals surface area contributed by atoms with Crippen LogP contribution in [0.25, 0.3) is 0 Å². The fourth-order valence-corrected chi connectivity index (χ4v) is 3.67. The first-order valence-electron chi connectivity index (χ1n) is 5.97. The van der Waals surface area contributed by atoms with Crippen molar-refractivity contribution in [2.24, 2.45) is 0 Å². The molecule has 0 spiro atoms. The molecule has 1 aromatic heterocycles. The molecular formula is C15H15BrClFS. The van der Waals surface area contributed by atoms with E-state index in [9.17, 15) is 4.39 Å². The van der Waals surface area contributed by atoms with Crippen LogP contribution in [0.3, 0.4) is 0 Å². The van der Waals surface area contributed by atoms with Crippen LogP contribution in [0.1, 0.15) is 41.5 Å². The van der Waals surface area contributed by atoms with Gasteiger partial charge in [0.25, 0.3) is 0 Å². The van der Waals surface area contributed by atoms with E-state index in [-0.39, 0.29) is 16.6 Å². The molecule has 2 aromatic rings. The minimum Gasteiger partial charge on any atom is -0.207 e. The van der Waals surface area contributed by atoms with Crippen molar-refractivity contribution in [2.45, 2.75) is 31.6 Å². The lowest BCUT2D eigenvalue weighted by Crippen LogP contribution is -2.07. The molecule has 0 saturated carbocycles. The summed E-state index contributed by atoms with van der Waals surface area (Å²) in [6, 6.07) is 8.91. The molecule has 2 rings (SSSR count). The van der Waals surface area contributed by atoms with Gasteiger partial charge in [0.15, 0.2) is 0 Å². The van der Waals surface area contributed by atoms with Gasteiger partial charge in [-0.05, 0) is 41.3 Å². The van der Waals surface area contributed by atoms with E-state index in [4.69, 9.17) is 11.6 Å². The Bertz CT molecular complexity index is 566. The van der Waals surface area contributed by atoms with Gasteiger partial charge in [-0.1, -0.05) is 36.7 Å². The highest BCUT2D eigenvalue weighted by Crippen LogP contribution is 2.38. The van der Waals surface area contributed by atoms with Crippen molar-refractivity contribution < 1.29 is 4.39 Å². The molecule has 1 atom stereocenters. The van der Waals surface area contributed by atoms with E-state index >= 15 is 0 Å². The van der Waals surface area contributed by atoms with E-state index in [1.165, 1.54) is 17.0 Å². The highest BCUT2D eigenvalue weighted by atomic mass is 79.9. The fraction of sp³-hybridized carbons (Fsp3) is 0.333. The SMILES string of the molecule is CC(C)(C)c1ccc(C(Cl)c2cc(F)cc(Br)c2)s1. The maximum absolute atomic E-state index is 13.4. The minimum absolute atomic E-state index is 0.113. The summed E-state index contributed by atoms with van der Waals surface area (Å²) in [7, 11) is 0. The molecule has 1 aromatic carbocycles. The Balaban J connectivity index is 2.33. The van der Waals surface area contributed by atoms with E-state index in [1.54, 1.807) is 11.3 Å². The summed E-state index contributed by atoms with van der Waals surface area (Å²) >= 11 is 11.4. The Kier molecular flexibility index (Phi) is 4.38. The molecule has 0 aliphatic carbocycles. The highest BCUT2D eigenvalue weighted by molar-refractivity contribution is 9.10. The summed E-state index contributed by atoms with van der Waals surface area (Å²) in [6.07, 6.45) is 0. The number of thiophene rings is 1. The average Bonchev–Trinajstić information content (AvgIpc) is 2.75. The molecule has 0 N–H and O–H groups in total. The molecule has 0 saturated heterocycles. The van der Waals surface area contributed by atoms with Crippen LogP contribution < -0.4 is 0 Å². The largest absolute Gasteiger partial charge is 0.207 e. The Morgan fingerprint density at radius 2 is 1.89 bits per heavy atom. The van der Waals surface area contributed by atoms with Gasteiger partial charge in [-0.3, -0.25) is 0 Å². The molecule has 0 aliphatic heterocycles. The first kappa shape index (κ1) is 15.0. The number of halogens is 3. The predicted molar refractivity (Wildman–Crippen MR) is 84.8 cm³/mol. The second-order valence-corrected chi connectivity index (χ2v) is 7.98. The summed E-state index contributed by atoms with van der Waals surface area (Å²) < 4.78 is 14.1. The van der Waals surface area contributed by atoms with Gasteiger partial charge in [0.05, 0.1) is 5.38 Å². The van der Waals surface area contributed by atoms with Gasteiger partial charge in [0.1, 0.15) is 5.82 Å². The zero-order chi connectivity index (χ0) is 14.2. The topological polar surface area (TPSA) is 0 Å². The number of benzene rings is 1. The van der Waals surface area contributed by atoms with Crippen molar-refractivity contribution in [3.8, 4) is 0 Å². The van der Waals surface area contributed by atoms with Gasteiger partial charge in [-0.15, -0.1) is 22.9 Å². The summed E-state index contributed by atoms with van der Waals surface area (Å²) in [4.78, 5) is 2.33. The Morgan fingerprint density at radius 3 is 2.42 bits per heavy atom. The van der Waals surface area contributed by atoms with Crippen molar-refractivity contribution >= 4 is 38.9 Å². The molecule has 102 valence electrons. The van der Waals surface area contributed by atoms with Crippen molar-refractivity contribution in [1.82, 2.24) is 0 Å². The maximum Gasteiger partial charge on any atom is 0.124 e. The van der Waals surface area contributed by atoms with E-state index in [2.05, 4.69) is 42.8 Å². The minimum atomic E-state index is -0.312. The molecule has 0 amide bonds. The molecule has 0 radical (unpaired) electrons. The van der Waals surface area contributed by atoms with Crippen LogP contribution in [-0.2, 0) is 5.41 Å². The van der Waals surface area contributed by atoms with Gasteiger partial charge in [-0.2, -0.15) is 0 Å². The first-order valence-corrected chi connectivity index (χ1v) is 8.02. The second kappa shape index (κ2) is 5.55. The molecule has 0 aliphatic rings. The van der Waals surface area contributed by atoms with Crippen LogP contribution in [0.2, 0.25) is 0 Å². The number of hydrogen-bond donors (Lipinski definition) is 0. The van der Waals surface area contributed by atoms with E-state index in [0.29, 0.717) is 4.47 Å². The van der Waals surface area contributed by atoms with E-state index in [0.717, 1.165) is 10.4 Å². The van der Waals surface area contributed by atoms with E-state index < -0.39 is 0 Å². The molecule has 1 heterocycles. The Labute approximate surface area is 130 Å². The third-order valence-corrected chi connectivity index (χ3v) is 5.44. The molecular weight excluding hydrogens is 347 g/mol. The van der Waals surface area contributed by atoms with Crippen LogP contribution in [0, 0.1) is 5.82 Å². The Morgan fingerprint density at radius 1 is 1.21 bits per heavy atom. The summed E-state index contributed by atoms with van der Waals surface area (Å²) in [5.74, 6) is -0.275. The summed E-state index contributed by atoms with van der Waals surface area (Å²) in [5.41, 5.74) is 0.887. The second-order valence-electron chi connectivity index (χ2n) is 5.52. The fourth-order valence-electron chi connectivity index (χ4n) is 1.78. The van der Waals surface area contributed by atoms with E-state index in [1.807, 2.05) is 12.1 Å². The maximum atomic E-state index is 13.4. The van der Waals surface area contributed by atoms with Gasteiger partial charge in [0.2, 0.25) is 0 Å². The Hall–Kier alpha value is -0.380.